The zero-order valence-corrected chi connectivity index (χ0v) is 12.7. The van der Waals surface area contributed by atoms with Crippen LogP contribution in [0.2, 0.25) is 5.02 Å². The maximum atomic E-state index is 12.2. The quantitative estimate of drug-likeness (QED) is 0.931. The maximum Gasteiger partial charge on any atom is 0.337 e. The van der Waals surface area contributed by atoms with Crippen molar-refractivity contribution in [2.75, 3.05) is 0 Å². The summed E-state index contributed by atoms with van der Waals surface area (Å²) in [7, 11) is -3.59. The van der Waals surface area contributed by atoms with Gasteiger partial charge >= 0.3 is 5.97 Å². The summed E-state index contributed by atoms with van der Waals surface area (Å²) >= 11 is 7.05. The summed E-state index contributed by atoms with van der Waals surface area (Å²) in [5.41, 5.74) is 0.634. The van der Waals surface area contributed by atoms with E-state index in [0.29, 0.717) is 5.01 Å². The number of benzene rings is 1. The zero-order valence-electron chi connectivity index (χ0n) is 10.3. The number of aromatic nitrogens is 1. The first-order valence-electron chi connectivity index (χ1n) is 5.46. The summed E-state index contributed by atoms with van der Waals surface area (Å²) in [6.45, 7) is 1.78. The smallest absolute Gasteiger partial charge is 0.337 e. The van der Waals surface area contributed by atoms with Gasteiger partial charge in [0.2, 0.25) is 0 Å². The van der Waals surface area contributed by atoms with Gasteiger partial charge in [0.05, 0.1) is 15.5 Å². The molecule has 0 aliphatic heterocycles. The molecule has 1 aromatic carbocycles. The normalized spacial score (nSPS) is 11.5. The van der Waals surface area contributed by atoms with E-state index >= 15 is 0 Å². The van der Waals surface area contributed by atoms with Gasteiger partial charge in [-0.1, -0.05) is 11.6 Å². The second-order valence-electron chi connectivity index (χ2n) is 4.09. The summed E-state index contributed by atoms with van der Waals surface area (Å²) in [4.78, 5) is 14.9. The topological polar surface area (TPSA) is 84.3 Å². The van der Waals surface area contributed by atoms with Crippen LogP contribution in [0.4, 0.5) is 0 Å². The molecule has 0 amide bonds. The van der Waals surface area contributed by atoms with E-state index in [1.54, 1.807) is 12.3 Å². The molecule has 2 rings (SSSR count). The van der Waals surface area contributed by atoms with Crippen molar-refractivity contribution in [1.82, 2.24) is 4.98 Å². The number of rotatable bonds is 4. The lowest BCUT2D eigenvalue weighted by atomic mass is 10.2. The first-order valence-corrected chi connectivity index (χ1v) is 8.37. The van der Waals surface area contributed by atoms with Crippen molar-refractivity contribution in [1.29, 1.82) is 0 Å². The lowest BCUT2D eigenvalue weighted by Crippen LogP contribution is -2.06. The van der Waals surface area contributed by atoms with Crippen LogP contribution >= 0.6 is 22.9 Å². The van der Waals surface area contributed by atoms with Crippen LogP contribution in [-0.4, -0.2) is 24.5 Å². The van der Waals surface area contributed by atoms with E-state index in [1.165, 1.54) is 23.5 Å². The predicted octanol–water partition coefficient (Wildman–Crippen LogP) is 2.78. The summed E-state index contributed by atoms with van der Waals surface area (Å²) in [5.74, 6) is -1.43. The second-order valence-corrected chi connectivity index (χ2v) is 7.43. The number of nitrogens with zero attached hydrogens (tertiary/aromatic N) is 1. The molecule has 1 N–H and O–H groups in total. The van der Waals surface area contributed by atoms with E-state index in [4.69, 9.17) is 16.7 Å². The molecule has 0 aliphatic rings. The second kappa shape index (κ2) is 5.51. The Hall–Kier alpha value is -1.44. The zero-order chi connectivity index (χ0) is 14.9. The molecule has 106 valence electrons. The Morgan fingerprint density at radius 1 is 1.45 bits per heavy atom. The lowest BCUT2D eigenvalue weighted by molar-refractivity contribution is 0.0697. The van der Waals surface area contributed by atoms with Crippen molar-refractivity contribution in [2.45, 2.75) is 17.6 Å². The van der Waals surface area contributed by atoms with Crippen molar-refractivity contribution in [2.24, 2.45) is 0 Å². The maximum absolute atomic E-state index is 12.2. The Kier molecular flexibility index (Phi) is 4.12. The minimum Gasteiger partial charge on any atom is -0.478 e. The van der Waals surface area contributed by atoms with Gasteiger partial charge < -0.3 is 5.11 Å². The first kappa shape index (κ1) is 15.0. The molecule has 0 saturated heterocycles. The van der Waals surface area contributed by atoms with Gasteiger partial charge in [0, 0.05) is 11.1 Å². The van der Waals surface area contributed by atoms with Gasteiger partial charge in [-0.25, -0.2) is 18.2 Å². The minimum absolute atomic E-state index is 0.0136. The molecule has 0 saturated carbocycles. The monoisotopic (exact) mass is 331 g/mol. The molecule has 0 bridgehead atoms. The highest BCUT2D eigenvalue weighted by Gasteiger charge is 2.20. The van der Waals surface area contributed by atoms with Crippen LogP contribution < -0.4 is 0 Å². The molecule has 2 aromatic rings. The third kappa shape index (κ3) is 3.17. The Morgan fingerprint density at radius 3 is 2.65 bits per heavy atom. The van der Waals surface area contributed by atoms with Crippen LogP contribution in [0.1, 0.15) is 21.1 Å². The Morgan fingerprint density at radius 2 is 2.15 bits per heavy atom. The summed E-state index contributed by atoms with van der Waals surface area (Å²) in [5, 5.41) is 11.0. The van der Waals surface area contributed by atoms with Gasteiger partial charge in [0.15, 0.2) is 9.84 Å². The number of aryl methyl sites for hydroxylation is 1. The van der Waals surface area contributed by atoms with Crippen molar-refractivity contribution in [3.05, 3.63) is 44.9 Å². The molecule has 1 heterocycles. The molecule has 8 heteroatoms. The fraction of sp³-hybridized carbons (Fsp3) is 0.167. The molecule has 0 radical (unpaired) electrons. The van der Waals surface area contributed by atoms with Gasteiger partial charge in [-0.05, 0) is 25.1 Å². The molecule has 0 fully saturated rings. The minimum atomic E-state index is -3.59. The third-order valence-corrected chi connectivity index (χ3v) is 5.60. The van der Waals surface area contributed by atoms with Crippen molar-refractivity contribution >= 4 is 38.7 Å². The van der Waals surface area contributed by atoms with E-state index in [2.05, 4.69) is 4.98 Å². The van der Waals surface area contributed by atoms with Crippen LogP contribution in [0.25, 0.3) is 0 Å². The van der Waals surface area contributed by atoms with Gasteiger partial charge in [0.1, 0.15) is 10.8 Å². The van der Waals surface area contributed by atoms with Crippen LogP contribution in [0.15, 0.2) is 28.5 Å². The van der Waals surface area contributed by atoms with Crippen LogP contribution in [0, 0.1) is 6.92 Å². The van der Waals surface area contributed by atoms with Gasteiger partial charge in [-0.3, -0.25) is 0 Å². The summed E-state index contributed by atoms with van der Waals surface area (Å²) < 4.78 is 24.4. The number of aromatic carboxylic acids is 1. The number of carbonyl (C=O) groups is 1. The fourth-order valence-electron chi connectivity index (χ4n) is 1.58. The largest absolute Gasteiger partial charge is 0.478 e. The average molecular weight is 332 g/mol. The van der Waals surface area contributed by atoms with Gasteiger partial charge in [0.25, 0.3) is 0 Å². The standard InChI is InChI=1S/C12H10ClNO4S2/c1-7-5-19-11(14-7)6-20(17,18)8-2-3-9(12(15)16)10(13)4-8/h2-5H,6H2,1H3,(H,15,16). The van der Waals surface area contributed by atoms with Crippen molar-refractivity contribution < 1.29 is 18.3 Å². The highest BCUT2D eigenvalue weighted by Crippen LogP contribution is 2.24. The summed E-state index contributed by atoms with van der Waals surface area (Å²) in [6.07, 6.45) is 0. The first-order chi connectivity index (χ1) is 9.29. The van der Waals surface area contributed by atoms with E-state index in [-0.39, 0.29) is 21.2 Å². The molecular weight excluding hydrogens is 322 g/mol. The number of hydrogen-bond acceptors (Lipinski definition) is 5. The molecule has 20 heavy (non-hydrogen) atoms. The number of carboxylic acids is 1. The Balaban J connectivity index is 2.35. The fourth-order valence-corrected chi connectivity index (χ4v) is 4.33. The predicted molar refractivity (Wildman–Crippen MR) is 76.2 cm³/mol. The number of thiazole rings is 1. The van der Waals surface area contributed by atoms with E-state index in [0.717, 1.165) is 11.8 Å². The Bertz CT molecular complexity index is 768. The molecule has 5 nitrogen and oxygen atoms in total. The third-order valence-electron chi connectivity index (χ3n) is 2.51. The summed E-state index contributed by atoms with van der Waals surface area (Å²) in [6, 6.07) is 3.58. The van der Waals surface area contributed by atoms with E-state index in [9.17, 15) is 13.2 Å². The highest BCUT2D eigenvalue weighted by atomic mass is 35.5. The highest BCUT2D eigenvalue weighted by molar-refractivity contribution is 7.90. The SMILES string of the molecule is Cc1csc(CS(=O)(=O)c2ccc(C(=O)O)c(Cl)c2)n1. The molecule has 0 unspecified atom stereocenters. The molecule has 0 aliphatic carbocycles. The van der Waals surface area contributed by atoms with Crippen molar-refractivity contribution in [3.63, 3.8) is 0 Å². The molecular formula is C12H10ClNO4S2. The molecule has 1 aromatic heterocycles. The molecule has 0 atom stereocenters. The van der Waals surface area contributed by atoms with E-state index < -0.39 is 15.8 Å². The van der Waals surface area contributed by atoms with Crippen molar-refractivity contribution in [3.8, 4) is 0 Å². The lowest BCUT2D eigenvalue weighted by Gasteiger charge is -2.05. The molecule has 0 spiro atoms. The van der Waals surface area contributed by atoms with E-state index in [1.807, 2.05) is 0 Å². The van der Waals surface area contributed by atoms with Gasteiger partial charge in [-0.2, -0.15) is 0 Å². The average Bonchev–Trinajstić information content (AvgIpc) is 2.73. The number of sulfone groups is 1. The van der Waals surface area contributed by atoms with Crippen LogP contribution in [-0.2, 0) is 15.6 Å². The van der Waals surface area contributed by atoms with Crippen LogP contribution in [0.3, 0.4) is 0 Å². The number of hydrogen-bond donors (Lipinski definition) is 1. The number of carboxylic acid groups (broad SMARTS) is 1. The number of halogens is 1. The van der Waals surface area contributed by atoms with Crippen LogP contribution in [0.5, 0.6) is 0 Å². The van der Waals surface area contributed by atoms with Gasteiger partial charge in [-0.15, -0.1) is 11.3 Å². The Labute approximate surface area is 124 Å².